The molecule has 2 aromatic rings. The number of anilines is 1. The number of rotatable bonds is 5. The van der Waals surface area contributed by atoms with Crippen LogP contribution in [-0.2, 0) is 13.1 Å². The molecule has 0 spiro atoms. The molecule has 2 rings (SSSR count). The highest BCUT2D eigenvalue weighted by Gasteiger charge is 1.98. The van der Waals surface area contributed by atoms with Crippen LogP contribution in [0.1, 0.15) is 11.4 Å². The van der Waals surface area contributed by atoms with Crippen molar-refractivity contribution in [1.29, 1.82) is 0 Å². The van der Waals surface area contributed by atoms with Crippen LogP contribution in [0.25, 0.3) is 0 Å². The number of hydrogen-bond donors (Lipinski definition) is 2. The number of benzene rings is 1. The number of nitrogens with one attached hydrogen (secondary N) is 1. The molecule has 1 aromatic carbocycles. The van der Waals surface area contributed by atoms with E-state index in [9.17, 15) is 0 Å². The number of nitrogens with zero attached hydrogens (tertiary/aromatic N) is 2. The van der Waals surface area contributed by atoms with Gasteiger partial charge in [0.2, 0.25) is 0 Å². The summed E-state index contributed by atoms with van der Waals surface area (Å²) in [6, 6.07) is 10.2. The summed E-state index contributed by atoms with van der Waals surface area (Å²) >= 11 is 1.75. The van der Waals surface area contributed by atoms with Gasteiger partial charge in [-0.15, -0.1) is 11.8 Å². The summed E-state index contributed by atoms with van der Waals surface area (Å²) in [7, 11) is 0. The van der Waals surface area contributed by atoms with Crippen LogP contribution in [0.3, 0.4) is 0 Å². The lowest BCUT2D eigenvalue weighted by Gasteiger charge is -2.05. The van der Waals surface area contributed by atoms with Gasteiger partial charge in [-0.05, 0) is 30.0 Å². The van der Waals surface area contributed by atoms with Crippen molar-refractivity contribution in [3.05, 3.63) is 47.9 Å². The number of hydrogen-bond acceptors (Lipinski definition) is 5. The van der Waals surface area contributed by atoms with Crippen LogP contribution in [0.5, 0.6) is 0 Å². The van der Waals surface area contributed by atoms with Gasteiger partial charge in [-0.3, -0.25) is 0 Å². The zero-order valence-electron chi connectivity index (χ0n) is 10.3. The van der Waals surface area contributed by atoms with Crippen LogP contribution in [0.2, 0.25) is 0 Å². The van der Waals surface area contributed by atoms with E-state index in [0.717, 1.165) is 12.4 Å². The predicted octanol–water partition coefficient (Wildman–Crippen LogP) is 2.07. The van der Waals surface area contributed by atoms with E-state index in [4.69, 9.17) is 5.73 Å². The number of aromatic nitrogens is 2. The molecule has 0 atom stereocenters. The van der Waals surface area contributed by atoms with Crippen molar-refractivity contribution >= 4 is 17.6 Å². The van der Waals surface area contributed by atoms with E-state index in [1.807, 2.05) is 0 Å². The van der Waals surface area contributed by atoms with Gasteiger partial charge in [-0.2, -0.15) is 0 Å². The van der Waals surface area contributed by atoms with Crippen molar-refractivity contribution in [2.75, 3.05) is 12.0 Å². The van der Waals surface area contributed by atoms with Gasteiger partial charge in [0, 0.05) is 17.6 Å². The second kappa shape index (κ2) is 6.37. The number of nitrogen functional groups attached to an aromatic ring is 1. The molecule has 0 saturated carbocycles. The Bertz CT molecular complexity index is 499. The Balaban J connectivity index is 1.84. The molecule has 0 radical (unpaired) electrons. The first-order valence-electron chi connectivity index (χ1n) is 5.69. The number of thioether (sulfide) groups is 1. The highest BCUT2D eigenvalue weighted by atomic mass is 32.2. The van der Waals surface area contributed by atoms with Crippen molar-refractivity contribution in [3.8, 4) is 0 Å². The molecule has 4 nitrogen and oxygen atoms in total. The Hall–Kier alpha value is -1.59. The standard InChI is InChI=1S/C13H16N4S/c1-18-11-4-2-10(3-5-11)8-15-9-13-16-7-6-12(14)17-13/h2-7,15H,8-9H2,1H3,(H2,14,16,17). The fraction of sp³-hybridized carbons (Fsp3) is 0.231. The van der Waals surface area contributed by atoms with Crippen molar-refractivity contribution in [2.24, 2.45) is 0 Å². The molecule has 0 aliphatic heterocycles. The summed E-state index contributed by atoms with van der Waals surface area (Å²) in [4.78, 5) is 9.55. The average molecular weight is 260 g/mol. The molecule has 0 fully saturated rings. The van der Waals surface area contributed by atoms with Gasteiger partial charge >= 0.3 is 0 Å². The monoisotopic (exact) mass is 260 g/mol. The lowest BCUT2D eigenvalue weighted by Crippen LogP contribution is -2.15. The molecule has 3 N–H and O–H groups in total. The van der Waals surface area contributed by atoms with E-state index >= 15 is 0 Å². The molecule has 18 heavy (non-hydrogen) atoms. The Labute approximate surface area is 111 Å². The van der Waals surface area contributed by atoms with Gasteiger partial charge in [-0.25, -0.2) is 9.97 Å². The third-order valence-electron chi connectivity index (χ3n) is 2.50. The lowest BCUT2D eigenvalue weighted by molar-refractivity contribution is 0.663. The Morgan fingerprint density at radius 1 is 1.17 bits per heavy atom. The first-order chi connectivity index (χ1) is 8.78. The topological polar surface area (TPSA) is 63.8 Å². The summed E-state index contributed by atoms with van der Waals surface area (Å²) in [6.07, 6.45) is 3.75. The van der Waals surface area contributed by atoms with Crippen LogP contribution in [0, 0.1) is 0 Å². The lowest BCUT2D eigenvalue weighted by atomic mass is 10.2. The van der Waals surface area contributed by atoms with Crippen LogP contribution >= 0.6 is 11.8 Å². The van der Waals surface area contributed by atoms with Crippen molar-refractivity contribution in [3.63, 3.8) is 0 Å². The highest BCUT2D eigenvalue weighted by molar-refractivity contribution is 7.98. The first kappa shape index (κ1) is 12.9. The fourth-order valence-corrected chi connectivity index (χ4v) is 1.97. The third-order valence-corrected chi connectivity index (χ3v) is 3.24. The van der Waals surface area contributed by atoms with E-state index in [1.165, 1.54) is 10.5 Å². The highest BCUT2D eigenvalue weighted by Crippen LogP contribution is 2.14. The second-order valence-electron chi connectivity index (χ2n) is 3.85. The molecule has 0 aliphatic rings. The smallest absolute Gasteiger partial charge is 0.144 e. The third kappa shape index (κ3) is 3.72. The minimum absolute atomic E-state index is 0.506. The van der Waals surface area contributed by atoms with Crippen LogP contribution in [0.4, 0.5) is 5.82 Å². The molecular weight excluding hydrogens is 244 g/mol. The Morgan fingerprint density at radius 3 is 2.61 bits per heavy atom. The van der Waals surface area contributed by atoms with Crippen molar-refractivity contribution < 1.29 is 0 Å². The van der Waals surface area contributed by atoms with Crippen LogP contribution in [-0.4, -0.2) is 16.2 Å². The predicted molar refractivity (Wildman–Crippen MR) is 75.2 cm³/mol. The average Bonchev–Trinajstić information content (AvgIpc) is 2.40. The van der Waals surface area contributed by atoms with Gasteiger partial charge in [0.1, 0.15) is 11.6 Å². The quantitative estimate of drug-likeness (QED) is 0.806. The minimum Gasteiger partial charge on any atom is -0.384 e. The molecule has 0 amide bonds. The van der Waals surface area contributed by atoms with Crippen LogP contribution in [0.15, 0.2) is 41.4 Å². The summed E-state index contributed by atoms with van der Waals surface area (Å²) < 4.78 is 0. The van der Waals surface area contributed by atoms with E-state index in [1.54, 1.807) is 24.0 Å². The Morgan fingerprint density at radius 2 is 1.94 bits per heavy atom. The fourth-order valence-electron chi connectivity index (χ4n) is 1.56. The van der Waals surface area contributed by atoms with E-state index < -0.39 is 0 Å². The van der Waals surface area contributed by atoms with E-state index in [0.29, 0.717) is 12.4 Å². The molecule has 1 aromatic heterocycles. The minimum atomic E-state index is 0.506. The van der Waals surface area contributed by atoms with Gasteiger partial charge in [-0.1, -0.05) is 12.1 Å². The molecule has 94 valence electrons. The van der Waals surface area contributed by atoms with E-state index in [2.05, 4.69) is 45.8 Å². The molecular formula is C13H16N4S. The number of nitrogens with two attached hydrogens (primary N) is 1. The SMILES string of the molecule is CSc1ccc(CNCc2nccc(N)n2)cc1. The second-order valence-corrected chi connectivity index (χ2v) is 4.73. The normalized spacial score (nSPS) is 10.5. The molecule has 0 bridgehead atoms. The molecule has 5 heteroatoms. The van der Waals surface area contributed by atoms with Gasteiger partial charge in [0.15, 0.2) is 0 Å². The molecule has 0 aliphatic carbocycles. The van der Waals surface area contributed by atoms with Crippen LogP contribution < -0.4 is 11.1 Å². The van der Waals surface area contributed by atoms with Crippen molar-refractivity contribution in [2.45, 2.75) is 18.0 Å². The van der Waals surface area contributed by atoms with Gasteiger partial charge in [0.25, 0.3) is 0 Å². The maximum Gasteiger partial charge on any atom is 0.144 e. The molecule has 1 heterocycles. The summed E-state index contributed by atoms with van der Waals surface area (Å²) in [5.41, 5.74) is 6.84. The zero-order chi connectivity index (χ0) is 12.8. The summed E-state index contributed by atoms with van der Waals surface area (Å²) in [5, 5.41) is 3.30. The summed E-state index contributed by atoms with van der Waals surface area (Å²) in [6.45, 7) is 1.42. The maximum absolute atomic E-state index is 5.59. The summed E-state index contributed by atoms with van der Waals surface area (Å²) in [5.74, 6) is 1.22. The Kier molecular flexibility index (Phi) is 4.55. The maximum atomic E-state index is 5.59. The zero-order valence-corrected chi connectivity index (χ0v) is 11.1. The first-order valence-corrected chi connectivity index (χ1v) is 6.91. The van der Waals surface area contributed by atoms with Gasteiger partial charge in [0.05, 0.1) is 6.54 Å². The largest absolute Gasteiger partial charge is 0.384 e. The van der Waals surface area contributed by atoms with E-state index in [-0.39, 0.29) is 0 Å². The molecule has 0 saturated heterocycles. The molecule has 0 unspecified atom stereocenters. The van der Waals surface area contributed by atoms with Gasteiger partial charge < -0.3 is 11.1 Å². The van der Waals surface area contributed by atoms with Crippen molar-refractivity contribution in [1.82, 2.24) is 15.3 Å².